The first kappa shape index (κ1) is 13.4. The standard InChI is InChI=1S/C15H20FN3O/c1-17-9-11-2-4-14(13(16)8-11)18-6-7-19-12(10-18)3-5-15(19)20/h2,4,8,12,17H,3,5-7,9-10H2,1H3. The summed E-state index contributed by atoms with van der Waals surface area (Å²) < 4.78 is 14.2. The van der Waals surface area contributed by atoms with Crippen molar-refractivity contribution in [2.24, 2.45) is 0 Å². The molecule has 1 amide bonds. The first-order valence-electron chi connectivity index (χ1n) is 7.16. The van der Waals surface area contributed by atoms with Crippen molar-refractivity contribution < 1.29 is 9.18 Å². The van der Waals surface area contributed by atoms with Crippen molar-refractivity contribution in [2.75, 3.05) is 31.6 Å². The fraction of sp³-hybridized carbons (Fsp3) is 0.533. The summed E-state index contributed by atoms with van der Waals surface area (Å²) in [7, 11) is 1.85. The average molecular weight is 277 g/mol. The molecule has 0 bridgehead atoms. The Morgan fingerprint density at radius 2 is 2.25 bits per heavy atom. The van der Waals surface area contributed by atoms with Crippen LogP contribution in [0.25, 0.3) is 0 Å². The molecule has 1 atom stereocenters. The van der Waals surface area contributed by atoms with Gasteiger partial charge in [-0.05, 0) is 31.2 Å². The number of carbonyl (C=O) groups is 1. The SMILES string of the molecule is CNCc1ccc(N2CCN3C(=O)CCC3C2)c(F)c1. The highest BCUT2D eigenvalue weighted by Crippen LogP contribution is 2.28. The number of piperazine rings is 1. The number of benzene rings is 1. The monoisotopic (exact) mass is 277 g/mol. The van der Waals surface area contributed by atoms with Gasteiger partial charge in [0.2, 0.25) is 5.91 Å². The molecule has 2 heterocycles. The second kappa shape index (κ2) is 5.40. The van der Waals surface area contributed by atoms with E-state index in [9.17, 15) is 9.18 Å². The van der Waals surface area contributed by atoms with Crippen LogP contribution in [0.15, 0.2) is 18.2 Å². The van der Waals surface area contributed by atoms with Gasteiger partial charge < -0.3 is 15.1 Å². The van der Waals surface area contributed by atoms with E-state index in [4.69, 9.17) is 0 Å². The quantitative estimate of drug-likeness (QED) is 0.906. The molecule has 1 aromatic carbocycles. The molecule has 0 radical (unpaired) electrons. The molecular formula is C15H20FN3O. The van der Waals surface area contributed by atoms with Gasteiger partial charge in [-0.2, -0.15) is 0 Å². The lowest BCUT2D eigenvalue weighted by atomic mass is 10.1. The molecule has 2 fully saturated rings. The molecule has 0 aromatic heterocycles. The lowest BCUT2D eigenvalue weighted by Gasteiger charge is -2.39. The van der Waals surface area contributed by atoms with Gasteiger partial charge in [-0.25, -0.2) is 4.39 Å². The van der Waals surface area contributed by atoms with Crippen LogP contribution in [0.4, 0.5) is 10.1 Å². The van der Waals surface area contributed by atoms with Crippen molar-refractivity contribution >= 4 is 11.6 Å². The highest BCUT2D eigenvalue weighted by molar-refractivity contribution is 5.79. The minimum atomic E-state index is -0.171. The second-order valence-electron chi connectivity index (χ2n) is 5.54. The van der Waals surface area contributed by atoms with Crippen molar-refractivity contribution in [3.63, 3.8) is 0 Å². The van der Waals surface area contributed by atoms with Crippen molar-refractivity contribution in [1.82, 2.24) is 10.2 Å². The van der Waals surface area contributed by atoms with Crippen LogP contribution in [-0.2, 0) is 11.3 Å². The number of rotatable bonds is 3. The number of anilines is 1. The Morgan fingerprint density at radius 1 is 1.40 bits per heavy atom. The van der Waals surface area contributed by atoms with Crippen LogP contribution >= 0.6 is 0 Å². The number of hydrogen-bond acceptors (Lipinski definition) is 3. The summed E-state index contributed by atoms with van der Waals surface area (Å²) in [6, 6.07) is 5.67. The Morgan fingerprint density at radius 3 is 3.00 bits per heavy atom. The number of fused-ring (bicyclic) bond motifs is 1. The van der Waals surface area contributed by atoms with Crippen LogP contribution in [0, 0.1) is 5.82 Å². The first-order valence-corrected chi connectivity index (χ1v) is 7.16. The molecule has 108 valence electrons. The van der Waals surface area contributed by atoms with E-state index in [1.54, 1.807) is 6.07 Å². The van der Waals surface area contributed by atoms with Gasteiger partial charge in [0.05, 0.1) is 5.69 Å². The highest BCUT2D eigenvalue weighted by Gasteiger charge is 2.35. The van der Waals surface area contributed by atoms with Gasteiger partial charge in [-0.1, -0.05) is 6.07 Å². The molecule has 1 unspecified atom stereocenters. The van der Waals surface area contributed by atoms with Crippen LogP contribution in [0.2, 0.25) is 0 Å². The number of nitrogens with one attached hydrogen (secondary N) is 1. The third kappa shape index (κ3) is 2.38. The topological polar surface area (TPSA) is 35.6 Å². The van der Waals surface area contributed by atoms with Gasteiger partial charge >= 0.3 is 0 Å². The summed E-state index contributed by atoms with van der Waals surface area (Å²) in [5.41, 5.74) is 1.60. The summed E-state index contributed by atoms with van der Waals surface area (Å²) in [5.74, 6) is 0.0787. The minimum absolute atomic E-state index is 0.171. The Bertz CT molecular complexity index is 520. The molecule has 5 heteroatoms. The molecular weight excluding hydrogens is 257 g/mol. The Balaban J connectivity index is 1.75. The molecule has 2 aliphatic rings. The van der Waals surface area contributed by atoms with E-state index in [1.165, 1.54) is 0 Å². The summed E-state index contributed by atoms with van der Waals surface area (Å²) in [6.45, 7) is 2.84. The number of carbonyl (C=O) groups excluding carboxylic acids is 1. The van der Waals surface area contributed by atoms with E-state index in [0.717, 1.165) is 18.5 Å². The number of amides is 1. The van der Waals surface area contributed by atoms with Gasteiger partial charge in [0.25, 0.3) is 0 Å². The zero-order valence-electron chi connectivity index (χ0n) is 11.7. The maximum Gasteiger partial charge on any atom is 0.223 e. The zero-order chi connectivity index (χ0) is 14.1. The van der Waals surface area contributed by atoms with E-state index >= 15 is 0 Å². The minimum Gasteiger partial charge on any atom is -0.365 e. The number of halogens is 1. The Labute approximate surface area is 118 Å². The molecule has 3 rings (SSSR count). The van der Waals surface area contributed by atoms with Crippen LogP contribution in [0.3, 0.4) is 0 Å². The normalized spacial score (nSPS) is 22.3. The molecule has 0 saturated carbocycles. The molecule has 2 aliphatic heterocycles. The van der Waals surface area contributed by atoms with Crippen LogP contribution in [0.1, 0.15) is 18.4 Å². The van der Waals surface area contributed by atoms with Gasteiger partial charge in [0.15, 0.2) is 0 Å². The smallest absolute Gasteiger partial charge is 0.223 e. The van der Waals surface area contributed by atoms with Crippen LogP contribution in [-0.4, -0.2) is 43.5 Å². The summed E-state index contributed by atoms with van der Waals surface area (Å²) in [4.78, 5) is 15.7. The van der Waals surface area contributed by atoms with Crippen molar-refractivity contribution in [1.29, 1.82) is 0 Å². The van der Waals surface area contributed by atoms with Gasteiger partial charge in [-0.3, -0.25) is 4.79 Å². The third-order valence-corrected chi connectivity index (χ3v) is 4.23. The molecule has 0 spiro atoms. The number of hydrogen-bond donors (Lipinski definition) is 1. The number of nitrogens with zero attached hydrogens (tertiary/aromatic N) is 2. The van der Waals surface area contributed by atoms with Crippen molar-refractivity contribution in [2.45, 2.75) is 25.4 Å². The van der Waals surface area contributed by atoms with Crippen LogP contribution < -0.4 is 10.2 Å². The van der Waals surface area contributed by atoms with E-state index < -0.39 is 0 Å². The lowest BCUT2D eigenvalue weighted by Crippen LogP contribution is -2.51. The van der Waals surface area contributed by atoms with E-state index in [-0.39, 0.29) is 17.8 Å². The molecule has 1 N–H and O–H groups in total. The van der Waals surface area contributed by atoms with Crippen LogP contribution in [0.5, 0.6) is 0 Å². The predicted molar refractivity (Wildman–Crippen MR) is 76.1 cm³/mol. The van der Waals surface area contributed by atoms with Gasteiger partial charge in [0, 0.05) is 38.6 Å². The van der Waals surface area contributed by atoms with E-state index in [0.29, 0.717) is 31.7 Å². The molecule has 2 saturated heterocycles. The van der Waals surface area contributed by atoms with E-state index in [2.05, 4.69) is 10.2 Å². The van der Waals surface area contributed by atoms with E-state index in [1.807, 2.05) is 24.1 Å². The second-order valence-corrected chi connectivity index (χ2v) is 5.54. The maximum absolute atomic E-state index is 14.2. The largest absolute Gasteiger partial charge is 0.365 e. The first-order chi connectivity index (χ1) is 9.69. The highest BCUT2D eigenvalue weighted by atomic mass is 19.1. The average Bonchev–Trinajstić information content (AvgIpc) is 2.80. The lowest BCUT2D eigenvalue weighted by molar-refractivity contribution is -0.129. The predicted octanol–water partition coefficient (Wildman–Crippen LogP) is 1.36. The summed E-state index contributed by atoms with van der Waals surface area (Å²) in [6.07, 6.45) is 1.54. The molecule has 20 heavy (non-hydrogen) atoms. The van der Waals surface area contributed by atoms with Gasteiger partial charge in [-0.15, -0.1) is 0 Å². The Kier molecular flexibility index (Phi) is 3.61. The summed E-state index contributed by atoms with van der Waals surface area (Å²) >= 11 is 0. The summed E-state index contributed by atoms with van der Waals surface area (Å²) in [5, 5.41) is 3.02. The van der Waals surface area contributed by atoms with Crippen molar-refractivity contribution in [3.8, 4) is 0 Å². The molecule has 1 aromatic rings. The zero-order valence-corrected chi connectivity index (χ0v) is 11.7. The Hall–Kier alpha value is -1.62. The third-order valence-electron chi connectivity index (χ3n) is 4.23. The maximum atomic E-state index is 14.2. The molecule has 0 aliphatic carbocycles. The molecule has 4 nitrogen and oxygen atoms in total. The van der Waals surface area contributed by atoms with Crippen molar-refractivity contribution in [3.05, 3.63) is 29.6 Å². The van der Waals surface area contributed by atoms with Gasteiger partial charge in [0.1, 0.15) is 5.82 Å². The fourth-order valence-electron chi connectivity index (χ4n) is 3.20. The fourth-order valence-corrected chi connectivity index (χ4v) is 3.20.